The van der Waals surface area contributed by atoms with Gasteiger partial charge in [0.05, 0.1) is 5.70 Å². The summed E-state index contributed by atoms with van der Waals surface area (Å²) < 4.78 is 0. The van der Waals surface area contributed by atoms with E-state index in [9.17, 15) is 0 Å². The molecule has 0 atom stereocenters. The fourth-order valence-corrected chi connectivity index (χ4v) is 1.63. The van der Waals surface area contributed by atoms with Crippen LogP contribution in [0.15, 0.2) is 11.4 Å². The SMILES string of the molecule is C1CNC2=C(C1)[N]CCC2. The van der Waals surface area contributed by atoms with Crippen LogP contribution < -0.4 is 10.6 Å². The van der Waals surface area contributed by atoms with Crippen LogP contribution in [0, 0.1) is 0 Å². The number of nitrogens with zero attached hydrogens (tertiary/aromatic N) is 1. The van der Waals surface area contributed by atoms with Crippen LogP contribution in [-0.2, 0) is 0 Å². The summed E-state index contributed by atoms with van der Waals surface area (Å²) >= 11 is 0. The number of allylic oxidation sites excluding steroid dienone is 2. The summed E-state index contributed by atoms with van der Waals surface area (Å²) in [4.78, 5) is 0. The number of nitrogens with one attached hydrogen (secondary N) is 1. The molecule has 1 radical (unpaired) electrons. The average molecular weight is 137 g/mol. The molecule has 2 aliphatic rings. The molecule has 1 N–H and O–H groups in total. The first kappa shape index (κ1) is 6.08. The molecule has 0 saturated heterocycles. The summed E-state index contributed by atoms with van der Waals surface area (Å²) in [7, 11) is 0. The zero-order valence-corrected chi connectivity index (χ0v) is 6.19. The van der Waals surface area contributed by atoms with Crippen LogP contribution in [0.25, 0.3) is 0 Å². The molecule has 0 amide bonds. The lowest BCUT2D eigenvalue weighted by Gasteiger charge is -2.25. The van der Waals surface area contributed by atoms with Gasteiger partial charge >= 0.3 is 0 Å². The number of hydrogen-bond acceptors (Lipinski definition) is 1. The van der Waals surface area contributed by atoms with Crippen molar-refractivity contribution in [1.29, 1.82) is 0 Å². The minimum atomic E-state index is 1.06. The summed E-state index contributed by atoms with van der Waals surface area (Å²) in [6.07, 6.45) is 4.95. The summed E-state index contributed by atoms with van der Waals surface area (Å²) in [5.41, 5.74) is 2.79. The third-order valence-corrected chi connectivity index (χ3v) is 2.16. The van der Waals surface area contributed by atoms with Gasteiger partial charge in [0.15, 0.2) is 0 Å². The Kier molecular flexibility index (Phi) is 1.53. The maximum Gasteiger partial charge on any atom is 0.0537 e. The van der Waals surface area contributed by atoms with Gasteiger partial charge in [-0.1, -0.05) is 0 Å². The van der Waals surface area contributed by atoms with Crippen LogP contribution in [0.1, 0.15) is 25.7 Å². The van der Waals surface area contributed by atoms with E-state index in [1.54, 1.807) is 0 Å². The van der Waals surface area contributed by atoms with Gasteiger partial charge in [-0.05, 0) is 25.7 Å². The van der Waals surface area contributed by atoms with Crippen LogP contribution in [0.4, 0.5) is 0 Å². The molecule has 2 nitrogen and oxygen atoms in total. The summed E-state index contributed by atoms with van der Waals surface area (Å²) in [6, 6.07) is 0. The quantitative estimate of drug-likeness (QED) is 0.529. The maximum atomic E-state index is 4.47. The summed E-state index contributed by atoms with van der Waals surface area (Å²) in [6.45, 7) is 2.22. The molecule has 55 valence electrons. The zero-order chi connectivity index (χ0) is 6.81. The largest absolute Gasteiger partial charge is 0.387 e. The van der Waals surface area contributed by atoms with Crippen molar-refractivity contribution in [2.45, 2.75) is 25.7 Å². The van der Waals surface area contributed by atoms with Crippen molar-refractivity contribution in [3.05, 3.63) is 11.4 Å². The Morgan fingerprint density at radius 2 is 2.20 bits per heavy atom. The van der Waals surface area contributed by atoms with Crippen molar-refractivity contribution < 1.29 is 0 Å². The van der Waals surface area contributed by atoms with E-state index in [0.717, 1.165) is 13.1 Å². The Labute approximate surface area is 61.7 Å². The number of hydrogen-bond donors (Lipinski definition) is 1. The third kappa shape index (κ3) is 0.981. The van der Waals surface area contributed by atoms with Crippen molar-refractivity contribution in [2.24, 2.45) is 0 Å². The molecule has 0 aromatic heterocycles. The molecule has 0 aromatic carbocycles. The highest BCUT2D eigenvalue weighted by molar-refractivity contribution is 5.15. The van der Waals surface area contributed by atoms with Gasteiger partial charge in [0.1, 0.15) is 0 Å². The fraction of sp³-hybridized carbons (Fsp3) is 0.750. The monoisotopic (exact) mass is 137 g/mol. The van der Waals surface area contributed by atoms with Crippen LogP contribution in [0.2, 0.25) is 0 Å². The molecule has 0 aliphatic carbocycles. The Balaban J connectivity index is 2.14. The standard InChI is InChI=1S/C8H13N2/c1-3-7-8(9-5-1)4-2-6-10-7/h9H,1-6H2. The van der Waals surface area contributed by atoms with E-state index in [1.807, 2.05) is 0 Å². The molecule has 0 unspecified atom stereocenters. The molecular formula is C8H13N2. The highest BCUT2D eigenvalue weighted by atomic mass is 15.0. The summed E-state index contributed by atoms with van der Waals surface area (Å²) in [5, 5.41) is 7.88. The minimum absolute atomic E-state index is 1.06. The molecule has 2 heterocycles. The lowest BCUT2D eigenvalue weighted by Crippen LogP contribution is -2.29. The van der Waals surface area contributed by atoms with Gasteiger partial charge < -0.3 is 5.32 Å². The normalized spacial score (nSPS) is 24.8. The Bertz CT molecular complexity index is 127. The van der Waals surface area contributed by atoms with Gasteiger partial charge in [0.25, 0.3) is 0 Å². The first-order valence-corrected chi connectivity index (χ1v) is 4.10. The van der Waals surface area contributed by atoms with Crippen LogP contribution in [0.5, 0.6) is 0 Å². The van der Waals surface area contributed by atoms with Crippen molar-refractivity contribution in [1.82, 2.24) is 10.6 Å². The van der Waals surface area contributed by atoms with Gasteiger partial charge in [0.2, 0.25) is 0 Å². The molecular weight excluding hydrogens is 124 g/mol. The van der Waals surface area contributed by atoms with E-state index in [1.165, 1.54) is 37.1 Å². The van der Waals surface area contributed by atoms with Crippen molar-refractivity contribution in [3.8, 4) is 0 Å². The Hall–Kier alpha value is -0.660. The van der Waals surface area contributed by atoms with Gasteiger partial charge in [-0.25, -0.2) is 0 Å². The highest BCUT2D eigenvalue weighted by Gasteiger charge is 2.15. The van der Waals surface area contributed by atoms with Gasteiger partial charge in [-0.3, -0.25) is 5.32 Å². The van der Waals surface area contributed by atoms with Gasteiger partial charge in [-0.2, -0.15) is 0 Å². The van der Waals surface area contributed by atoms with Crippen LogP contribution >= 0.6 is 0 Å². The molecule has 0 fully saturated rings. The van der Waals surface area contributed by atoms with Crippen LogP contribution in [0.3, 0.4) is 0 Å². The van der Waals surface area contributed by atoms with E-state index in [0.29, 0.717) is 0 Å². The first-order chi connectivity index (χ1) is 4.97. The molecule has 10 heavy (non-hydrogen) atoms. The van der Waals surface area contributed by atoms with E-state index in [4.69, 9.17) is 0 Å². The molecule has 0 saturated carbocycles. The van der Waals surface area contributed by atoms with Crippen molar-refractivity contribution in [3.63, 3.8) is 0 Å². The predicted octanol–water partition coefficient (Wildman–Crippen LogP) is 0.980. The third-order valence-electron chi connectivity index (χ3n) is 2.16. The van der Waals surface area contributed by atoms with E-state index in [2.05, 4.69) is 10.6 Å². The lowest BCUT2D eigenvalue weighted by atomic mass is 10.0. The van der Waals surface area contributed by atoms with Crippen LogP contribution in [-0.4, -0.2) is 13.1 Å². The second-order valence-electron chi connectivity index (χ2n) is 2.94. The zero-order valence-electron chi connectivity index (χ0n) is 6.19. The highest BCUT2D eigenvalue weighted by Crippen LogP contribution is 2.20. The molecule has 2 rings (SSSR count). The number of rotatable bonds is 0. The topological polar surface area (TPSA) is 26.1 Å². The predicted molar refractivity (Wildman–Crippen MR) is 40.5 cm³/mol. The molecule has 0 aromatic rings. The lowest BCUT2D eigenvalue weighted by molar-refractivity contribution is 0.527. The first-order valence-electron chi connectivity index (χ1n) is 4.10. The van der Waals surface area contributed by atoms with Gasteiger partial charge in [-0.15, -0.1) is 0 Å². The van der Waals surface area contributed by atoms with Crippen molar-refractivity contribution in [2.75, 3.05) is 13.1 Å². The molecule has 0 spiro atoms. The van der Waals surface area contributed by atoms with E-state index >= 15 is 0 Å². The molecule has 2 heteroatoms. The second-order valence-corrected chi connectivity index (χ2v) is 2.94. The minimum Gasteiger partial charge on any atom is -0.387 e. The average Bonchev–Trinajstić information content (AvgIpc) is 2.05. The second kappa shape index (κ2) is 2.52. The van der Waals surface area contributed by atoms with Crippen molar-refractivity contribution >= 4 is 0 Å². The van der Waals surface area contributed by atoms with Gasteiger partial charge in [0, 0.05) is 18.8 Å². The fourth-order valence-electron chi connectivity index (χ4n) is 1.63. The van der Waals surface area contributed by atoms with E-state index in [-0.39, 0.29) is 0 Å². The Morgan fingerprint density at radius 3 is 3.10 bits per heavy atom. The van der Waals surface area contributed by atoms with E-state index < -0.39 is 0 Å². The maximum absolute atomic E-state index is 4.47. The smallest absolute Gasteiger partial charge is 0.0537 e. The Morgan fingerprint density at radius 1 is 1.20 bits per heavy atom. The molecule has 2 aliphatic heterocycles. The summed E-state index contributed by atoms with van der Waals surface area (Å²) in [5.74, 6) is 0. The molecule has 0 bridgehead atoms.